The van der Waals surface area contributed by atoms with Gasteiger partial charge in [-0.05, 0) is 52.2 Å². The molecule has 2 atom stereocenters. The molecule has 116 valence electrons. The van der Waals surface area contributed by atoms with E-state index in [1.807, 2.05) is 16.3 Å². The van der Waals surface area contributed by atoms with Crippen molar-refractivity contribution in [3.8, 4) is 0 Å². The average Bonchev–Trinajstić information content (AvgIpc) is 2.99. The number of aryl methyl sites for hydroxylation is 1. The molecule has 0 saturated heterocycles. The molecule has 2 aromatic rings. The highest BCUT2D eigenvalue weighted by molar-refractivity contribution is 5.26. The maximum Gasteiger partial charge on any atom is 0.0853 e. The van der Waals surface area contributed by atoms with E-state index < -0.39 is 0 Å². The van der Waals surface area contributed by atoms with Gasteiger partial charge < -0.3 is 5.73 Å². The van der Waals surface area contributed by atoms with Crippen LogP contribution in [0, 0.1) is 13.8 Å². The van der Waals surface area contributed by atoms with Gasteiger partial charge in [0, 0.05) is 24.0 Å². The Balaban J connectivity index is 2.18. The molecule has 0 aliphatic heterocycles. The van der Waals surface area contributed by atoms with Crippen molar-refractivity contribution in [2.24, 2.45) is 5.73 Å². The number of aromatic nitrogens is 4. The Bertz CT molecular complexity index is 594. The predicted octanol–water partition coefficient (Wildman–Crippen LogP) is 2.61. The van der Waals surface area contributed by atoms with Crippen LogP contribution in [-0.2, 0) is 13.0 Å². The van der Waals surface area contributed by atoms with Crippen molar-refractivity contribution >= 4 is 0 Å². The predicted molar refractivity (Wildman–Crippen MR) is 85.4 cm³/mol. The highest BCUT2D eigenvalue weighted by atomic mass is 15.3. The molecule has 0 radical (unpaired) electrons. The van der Waals surface area contributed by atoms with Crippen LogP contribution < -0.4 is 5.73 Å². The van der Waals surface area contributed by atoms with Crippen LogP contribution >= 0.6 is 0 Å². The second kappa shape index (κ2) is 6.43. The summed E-state index contributed by atoms with van der Waals surface area (Å²) in [4.78, 5) is 0. The van der Waals surface area contributed by atoms with Crippen LogP contribution in [-0.4, -0.2) is 25.6 Å². The second-order valence-corrected chi connectivity index (χ2v) is 6.03. The molecule has 2 rings (SSSR count). The van der Waals surface area contributed by atoms with Crippen LogP contribution in [0.25, 0.3) is 0 Å². The van der Waals surface area contributed by atoms with E-state index in [0.717, 1.165) is 30.8 Å². The van der Waals surface area contributed by atoms with Crippen LogP contribution in [0.1, 0.15) is 55.9 Å². The first kappa shape index (κ1) is 15.8. The average molecular weight is 289 g/mol. The summed E-state index contributed by atoms with van der Waals surface area (Å²) in [5.41, 5.74) is 10.5. The van der Waals surface area contributed by atoms with Crippen molar-refractivity contribution < 1.29 is 0 Å². The molecule has 5 nitrogen and oxygen atoms in total. The molecular weight excluding hydrogens is 262 g/mol. The smallest absolute Gasteiger partial charge is 0.0853 e. The van der Waals surface area contributed by atoms with Gasteiger partial charge in [-0.1, -0.05) is 6.92 Å². The van der Waals surface area contributed by atoms with Crippen molar-refractivity contribution in [2.75, 3.05) is 0 Å². The number of hydrogen-bond donors (Lipinski definition) is 1. The first-order valence-electron chi connectivity index (χ1n) is 7.74. The molecule has 0 amide bonds. The normalized spacial score (nSPS) is 14.4. The Morgan fingerprint density at radius 1 is 1.24 bits per heavy atom. The first-order valence-corrected chi connectivity index (χ1v) is 7.74. The molecule has 2 unspecified atom stereocenters. The Kier molecular flexibility index (Phi) is 4.83. The van der Waals surface area contributed by atoms with E-state index in [0.29, 0.717) is 6.04 Å². The lowest BCUT2D eigenvalue weighted by molar-refractivity contribution is 0.470. The molecule has 2 N–H and O–H groups in total. The van der Waals surface area contributed by atoms with Gasteiger partial charge in [0.05, 0.1) is 17.9 Å². The van der Waals surface area contributed by atoms with Gasteiger partial charge in [0.15, 0.2) is 0 Å². The van der Waals surface area contributed by atoms with Crippen molar-refractivity contribution in [2.45, 2.75) is 66.1 Å². The Hall–Kier alpha value is -1.62. The molecular formula is C16H27N5. The standard InChI is InChI=1S/C16H27N5/c1-6-12(3)20-8-7-15(19-20)10-21-14(5)16(9-11(2)17)13(4)18-21/h7-8,11-12H,6,9-10,17H2,1-5H3. The largest absolute Gasteiger partial charge is 0.328 e. The quantitative estimate of drug-likeness (QED) is 0.889. The molecule has 2 aromatic heterocycles. The van der Waals surface area contributed by atoms with Gasteiger partial charge in [0.1, 0.15) is 0 Å². The van der Waals surface area contributed by atoms with Gasteiger partial charge >= 0.3 is 0 Å². The van der Waals surface area contributed by atoms with E-state index >= 15 is 0 Å². The summed E-state index contributed by atoms with van der Waals surface area (Å²) >= 11 is 0. The van der Waals surface area contributed by atoms with Crippen molar-refractivity contribution in [1.29, 1.82) is 0 Å². The lowest BCUT2D eigenvalue weighted by atomic mass is 10.1. The molecule has 0 bridgehead atoms. The lowest BCUT2D eigenvalue weighted by Gasteiger charge is -2.08. The van der Waals surface area contributed by atoms with Gasteiger partial charge in [0.2, 0.25) is 0 Å². The zero-order chi connectivity index (χ0) is 15.6. The third kappa shape index (κ3) is 3.53. The van der Waals surface area contributed by atoms with E-state index in [2.05, 4.69) is 50.2 Å². The highest BCUT2D eigenvalue weighted by Gasteiger charge is 2.14. The summed E-state index contributed by atoms with van der Waals surface area (Å²) in [6.45, 7) is 11.3. The van der Waals surface area contributed by atoms with Crippen LogP contribution in [0.2, 0.25) is 0 Å². The van der Waals surface area contributed by atoms with Crippen LogP contribution in [0.15, 0.2) is 12.3 Å². The summed E-state index contributed by atoms with van der Waals surface area (Å²) in [6.07, 6.45) is 4.01. The van der Waals surface area contributed by atoms with Gasteiger partial charge in [0.25, 0.3) is 0 Å². The minimum absolute atomic E-state index is 0.157. The highest BCUT2D eigenvalue weighted by Crippen LogP contribution is 2.16. The van der Waals surface area contributed by atoms with Crippen molar-refractivity contribution in [3.05, 3.63) is 34.9 Å². The second-order valence-electron chi connectivity index (χ2n) is 6.03. The van der Waals surface area contributed by atoms with E-state index in [9.17, 15) is 0 Å². The van der Waals surface area contributed by atoms with E-state index in [1.54, 1.807) is 0 Å². The summed E-state index contributed by atoms with van der Waals surface area (Å²) in [7, 11) is 0. The van der Waals surface area contributed by atoms with Gasteiger partial charge in [-0.25, -0.2) is 0 Å². The molecule has 0 spiro atoms. The molecule has 5 heteroatoms. The van der Waals surface area contributed by atoms with Crippen LogP contribution in [0.4, 0.5) is 0 Å². The lowest BCUT2D eigenvalue weighted by Crippen LogP contribution is -2.18. The number of nitrogens with zero attached hydrogens (tertiary/aromatic N) is 4. The van der Waals surface area contributed by atoms with E-state index in [4.69, 9.17) is 5.73 Å². The summed E-state index contributed by atoms with van der Waals surface area (Å²) < 4.78 is 4.07. The molecule has 0 fully saturated rings. The number of hydrogen-bond acceptors (Lipinski definition) is 3. The Morgan fingerprint density at radius 3 is 2.57 bits per heavy atom. The van der Waals surface area contributed by atoms with Crippen molar-refractivity contribution in [1.82, 2.24) is 19.6 Å². The number of nitrogens with two attached hydrogens (primary N) is 1. The molecule has 0 aliphatic carbocycles. The van der Waals surface area contributed by atoms with Crippen LogP contribution in [0.3, 0.4) is 0 Å². The van der Waals surface area contributed by atoms with Gasteiger partial charge in [-0.2, -0.15) is 10.2 Å². The van der Waals surface area contributed by atoms with Crippen molar-refractivity contribution in [3.63, 3.8) is 0 Å². The SMILES string of the molecule is CCC(C)n1ccc(Cn2nc(C)c(CC(C)N)c2C)n1. The maximum absolute atomic E-state index is 5.92. The minimum Gasteiger partial charge on any atom is -0.328 e. The molecule has 0 aliphatic rings. The molecule has 21 heavy (non-hydrogen) atoms. The topological polar surface area (TPSA) is 61.7 Å². The summed E-state index contributed by atoms with van der Waals surface area (Å²) in [6, 6.07) is 2.67. The van der Waals surface area contributed by atoms with Crippen LogP contribution in [0.5, 0.6) is 0 Å². The fraction of sp³-hybridized carbons (Fsp3) is 0.625. The van der Waals surface area contributed by atoms with Gasteiger partial charge in [-0.3, -0.25) is 9.36 Å². The molecule has 2 heterocycles. The minimum atomic E-state index is 0.157. The molecule has 0 aromatic carbocycles. The summed E-state index contributed by atoms with van der Waals surface area (Å²) in [5, 5.41) is 9.29. The van der Waals surface area contributed by atoms with E-state index in [1.165, 1.54) is 11.3 Å². The zero-order valence-electron chi connectivity index (χ0n) is 13.8. The third-order valence-corrected chi connectivity index (χ3v) is 4.08. The third-order valence-electron chi connectivity index (χ3n) is 4.08. The van der Waals surface area contributed by atoms with Gasteiger partial charge in [-0.15, -0.1) is 0 Å². The number of rotatable bonds is 6. The Morgan fingerprint density at radius 2 is 1.95 bits per heavy atom. The summed E-state index contributed by atoms with van der Waals surface area (Å²) in [5.74, 6) is 0. The first-order chi connectivity index (χ1) is 9.92. The molecule has 0 saturated carbocycles. The monoisotopic (exact) mass is 289 g/mol. The Labute approximate surface area is 127 Å². The maximum atomic E-state index is 5.92. The fourth-order valence-electron chi connectivity index (χ4n) is 2.55. The fourth-order valence-corrected chi connectivity index (χ4v) is 2.55. The zero-order valence-corrected chi connectivity index (χ0v) is 13.8. The van der Waals surface area contributed by atoms with E-state index in [-0.39, 0.29) is 6.04 Å².